The van der Waals surface area contributed by atoms with Crippen molar-refractivity contribution in [3.8, 4) is 0 Å². The van der Waals surface area contributed by atoms with E-state index in [4.69, 9.17) is 5.11 Å². The number of aromatic carboxylic acids is 1. The fraction of sp³-hybridized carbons (Fsp3) is 0.417. The lowest BCUT2D eigenvalue weighted by molar-refractivity contribution is 0.0695. The van der Waals surface area contributed by atoms with Crippen LogP contribution in [0.25, 0.3) is 0 Å². The largest absolute Gasteiger partial charge is 0.478 e. The molecule has 0 aromatic heterocycles. The number of carboxylic acid groups (broad SMARTS) is 1. The van der Waals surface area contributed by atoms with Gasteiger partial charge in [0.15, 0.2) is 5.82 Å². The van der Waals surface area contributed by atoms with Crippen LogP contribution in [0.4, 0.5) is 10.1 Å². The Hall–Kier alpha value is -1.10. The number of nitrogens with one attached hydrogen (secondary N) is 1. The Labute approximate surface area is 107 Å². The summed E-state index contributed by atoms with van der Waals surface area (Å²) in [5, 5.41) is 11.9. The highest BCUT2D eigenvalue weighted by molar-refractivity contribution is 9.10. The number of anilines is 1. The topological polar surface area (TPSA) is 49.3 Å². The van der Waals surface area contributed by atoms with Gasteiger partial charge >= 0.3 is 5.97 Å². The molecule has 1 fully saturated rings. The van der Waals surface area contributed by atoms with Gasteiger partial charge < -0.3 is 10.4 Å². The average Bonchev–Trinajstić information content (AvgIpc) is 3.03. The van der Waals surface area contributed by atoms with Gasteiger partial charge in [-0.1, -0.05) is 13.3 Å². The smallest absolute Gasteiger partial charge is 0.336 e. The molecule has 2 N–H and O–H groups in total. The van der Waals surface area contributed by atoms with Gasteiger partial charge in [0.2, 0.25) is 0 Å². The van der Waals surface area contributed by atoms with Crippen LogP contribution in [-0.2, 0) is 0 Å². The molecule has 0 saturated heterocycles. The van der Waals surface area contributed by atoms with E-state index in [9.17, 15) is 9.18 Å². The molecule has 1 saturated carbocycles. The number of rotatable bonds is 4. The van der Waals surface area contributed by atoms with Crippen LogP contribution in [0.5, 0.6) is 0 Å². The van der Waals surface area contributed by atoms with Crippen molar-refractivity contribution in [1.82, 2.24) is 0 Å². The highest BCUT2D eigenvalue weighted by Crippen LogP contribution is 2.37. The monoisotopic (exact) mass is 301 g/mol. The second kappa shape index (κ2) is 4.64. The summed E-state index contributed by atoms with van der Waals surface area (Å²) in [5.74, 6) is -1.07. The van der Waals surface area contributed by atoms with Crippen LogP contribution in [0.1, 0.15) is 30.1 Å². The van der Waals surface area contributed by atoms with E-state index in [2.05, 4.69) is 28.2 Å². The summed E-state index contributed by atoms with van der Waals surface area (Å²) in [6.07, 6.45) is 2.13. The molecule has 1 aliphatic carbocycles. The third kappa shape index (κ3) is 2.44. The molecule has 1 aliphatic rings. The summed E-state index contributed by atoms with van der Waals surface area (Å²) in [4.78, 5) is 10.8. The van der Waals surface area contributed by atoms with Crippen molar-refractivity contribution in [2.45, 2.75) is 25.8 Å². The first kappa shape index (κ1) is 12.4. The maximum absolute atomic E-state index is 13.9. The maximum Gasteiger partial charge on any atom is 0.336 e. The van der Waals surface area contributed by atoms with Gasteiger partial charge in [0.05, 0.1) is 15.7 Å². The predicted octanol–water partition coefficient (Wildman–Crippen LogP) is 3.50. The zero-order valence-corrected chi connectivity index (χ0v) is 10.9. The highest BCUT2D eigenvalue weighted by Gasteiger charge is 2.35. The number of carboxylic acids is 1. The van der Waals surface area contributed by atoms with Crippen molar-refractivity contribution in [3.05, 3.63) is 28.0 Å². The van der Waals surface area contributed by atoms with Gasteiger partial charge in [-0.2, -0.15) is 0 Å². The lowest BCUT2D eigenvalue weighted by Crippen LogP contribution is -2.08. The van der Waals surface area contributed by atoms with Crippen LogP contribution in [0.2, 0.25) is 0 Å². The lowest BCUT2D eigenvalue weighted by Gasteiger charge is -2.09. The Bertz CT molecular complexity index is 464. The maximum atomic E-state index is 13.9. The summed E-state index contributed by atoms with van der Waals surface area (Å²) in [5.41, 5.74) is 0.304. The van der Waals surface area contributed by atoms with Gasteiger partial charge in [0.1, 0.15) is 0 Å². The molecule has 0 radical (unpaired) electrons. The first-order chi connectivity index (χ1) is 8.04. The normalized spacial score (nSPS) is 22.3. The first-order valence-electron chi connectivity index (χ1n) is 5.52. The van der Waals surface area contributed by atoms with Crippen LogP contribution in [0.15, 0.2) is 16.6 Å². The minimum Gasteiger partial charge on any atom is -0.478 e. The average molecular weight is 302 g/mol. The van der Waals surface area contributed by atoms with E-state index < -0.39 is 11.8 Å². The Morgan fingerprint density at radius 3 is 2.88 bits per heavy atom. The zero-order valence-electron chi connectivity index (χ0n) is 9.34. The Morgan fingerprint density at radius 1 is 1.65 bits per heavy atom. The van der Waals surface area contributed by atoms with E-state index in [0.29, 0.717) is 17.6 Å². The summed E-state index contributed by atoms with van der Waals surface area (Å²) in [7, 11) is 0. The summed E-state index contributed by atoms with van der Waals surface area (Å²) in [6, 6.07) is 3.20. The van der Waals surface area contributed by atoms with Crippen molar-refractivity contribution in [2.24, 2.45) is 5.92 Å². The molecule has 1 aromatic carbocycles. The third-order valence-electron chi connectivity index (χ3n) is 3.10. The van der Waals surface area contributed by atoms with Crippen molar-refractivity contribution in [1.29, 1.82) is 0 Å². The molecule has 0 aliphatic heterocycles. The first-order valence-corrected chi connectivity index (χ1v) is 6.31. The number of hydrogen-bond acceptors (Lipinski definition) is 2. The molecular weight excluding hydrogens is 289 g/mol. The molecule has 92 valence electrons. The molecule has 5 heteroatoms. The molecule has 0 heterocycles. The SMILES string of the molecule is CCC1CC1Nc1ccc(C(=O)O)c(Br)c1F. The number of benzene rings is 1. The molecular formula is C12H13BrFNO2. The molecule has 0 bridgehead atoms. The molecule has 0 amide bonds. The number of halogens is 2. The van der Waals surface area contributed by atoms with Gasteiger partial charge in [-0.3, -0.25) is 0 Å². The lowest BCUT2D eigenvalue weighted by atomic mass is 10.2. The number of carbonyl (C=O) groups is 1. The van der Waals surface area contributed by atoms with Crippen molar-refractivity contribution >= 4 is 27.6 Å². The van der Waals surface area contributed by atoms with Gasteiger partial charge in [-0.25, -0.2) is 9.18 Å². The fourth-order valence-corrected chi connectivity index (χ4v) is 2.42. The highest BCUT2D eigenvalue weighted by atomic mass is 79.9. The van der Waals surface area contributed by atoms with E-state index in [-0.39, 0.29) is 10.0 Å². The second-order valence-corrected chi connectivity index (χ2v) is 5.04. The summed E-state index contributed by atoms with van der Waals surface area (Å²) in [6.45, 7) is 2.10. The molecule has 0 spiro atoms. The van der Waals surface area contributed by atoms with Crippen molar-refractivity contribution in [2.75, 3.05) is 5.32 Å². The van der Waals surface area contributed by atoms with Crippen LogP contribution >= 0.6 is 15.9 Å². The second-order valence-electron chi connectivity index (χ2n) is 4.25. The Balaban J connectivity index is 2.19. The minimum atomic E-state index is -1.14. The molecule has 17 heavy (non-hydrogen) atoms. The van der Waals surface area contributed by atoms with Crippen LogP contribution in [-0.4, -0.2) is 17.1 Å². The zero-order chi connectivity index (χ0) is 12.6. The fourth-order valence-electron chi connectivity index (χ4n) is 1.90. The van der Waals surface area contributed by atoms with E-state index in [1.54, 1.807) is 0 Å². The van der Waals surface area contributed by atoms with E-state index in [1.807, 2.05) is 0 Å². The standard InChI is InChI=1S/C12H13BrFNO2/c1-2-6-5-9(6)15-8-4-3-7(12(16)17)10(13)11(8)14/h3-4,6,9,15H,2,5H2,1H3,(H,16,17). The van der Waals surface area contributed by atoms with Crippen LogP contribution < -0.4 is 5.32 Å². The number of hydrogen-bond donors (Lipinski definition) is 2. The van der Waals surface area contributed by atoms with Gasteiger partial charge in [0, 0.05) is 6.04 Å². The van der Waals surface area contributed by atoms with Crippen LogP contribution in [0.3, 0.4) is 0 Å². The molecule has 3 nitrogen and oxygen atoms in total. The molecule has 2 atom stereocenters. The van der Waals surface area contributed by atoms with Gasteiger partial charge in [-0.05, 0) is 40.4 Å². The molecule has 2 unspecified atom stereocenters. The van der Waals surface area contributed by atoms with Gasteiger partial charge in [0.25, 0.3) is 0 Å². The Morgan fingerprint density at radius 2 is 2.35 bits per heavy atom. The summed E-state index contributed by atoms with van der Waals surface area (Å²) < 4.78 is 13.9. The van der Waals surface area contributed by atoms with Crippen LogP contribution in [0, 0.1) is 11.7 Å². The van der Waals surface area contributed by atoms with Crippen molar-refractivity contribution < 1.29 is 14.3 Å². The quantitative estimate of drug-likeness (QED) is 0.895. The van der Waals surface area contributed by atoms with Crippen molar-refractivity contribution in [3.63, 3.8) is 0 Å². The predicted molar refractivity (Wildman–Crippen MR) is 66.9 cm³/mol. The molecule has 2 rings (SSSR count). The van der Waals surface area contributed by atoms with E-state index in [0.717, 1.165) is 12.8 Å². The summed E-state index contributed by atoms with van der Waals surface area (Å²) >= 11 is 2.98. The minimum absolute atomic E-state index is 0.00342. The van der Waals surface area contributed by atoms with E-state index >= 15 is 0 Å². The van der Waals surface area contributed by atoms with Gasteiger partial charge in [-0.15, -0.1) is 0 Å². The molecule has 1 aromatic rings. The third-order valence-corrected chi connectivity index (χ3v) is 3.88. The Kier molecular flexibility index (Phi) is 3.38. The van der Waals surface area contributed by atoms with E-state index in [1.165, 1.54) is 12.1 Å².